The molecule has 0 saturated heterocycles. The molecule has 0 aliphatic rings. The van der Waals surface area contributed by atoms with Crippen molar-refractivity contribution in [1.29, 1.82) is 0 Å². The molecular weight excluding hydrogens is 308 g/mol. The second-order valence-electron chi connectivity index (χ2n) is 4.78. The zero-order valence-corrected chi connectivity index (χ0v) is 12.5. The number of hydrogen-bond acceptors (Lipinski definition) is 7. The SMILES string of the molecule is CC(C)NC(=O)NC(=O)COC(=O)c1cc([N+](=O)[O-])ccc1N. The number of nitrogen functional groups attached to an aromatic ring is 1. The molecule has 0 spiro atoms. The fourth-order valence-corrected chi connectivity index (χ4v) is 1.50. The number of carbonyl (C=O) groups excluding carboxylic acids is 3. The third-order valence-corrected chi connectivity index (χ3v) is 2.47. The van der Waals surface area contributed by atoms with E-state index in [1.807, 2.05) is 5.32 Å². The molecule has 0 saturated carbocycles. The van der Waals surface area contributed by atoms with Gasteiger partial charge in [0.15, 0.2) is 6.61 Å². The summed E-state index contributed by atoms with van der Waals surface area (Å²) in [5.74, 6) is -1.86. The minimum Gasteiger partial charge on any atom is -0.452 e. The lowest BCUT2D eigenvalue weighted by atomic mass is 10.1. The molecule has 10 nitrogen and oxygen atoms in total. The van der Waals surface area contributed by atoms with Gasteiger partial charge in [-0.3, -0.25) is 20.2 Å². The molecule has 0 bridgehead atoms. The van der Waals surface area contributed by atoms with Crippen molar-refractivity contribution in [3.8, 4) is 0 Å². The molecule has 0 unspecified atom stereocenters. The number of hydrogen-bond donors (Lipinski definition) is 3. The summed E-state index contributed by atoms with van der Waals surface area (Å²) in [7, 11) is 0. The summed E-state index contributed by atoms with van der Waals surface area (Å²) in [6.07, 6.45) is 0. The van der Waals surface area contributed by atoms with Gasteiger partial charge in [-0.05, 0) is 19.9 Å². The molecule has 3 amide bonds. The summed E-state index contributed by atoms with van der Waals surface area (Å²) in [6.45, 7) is 2.68. The molecular formula is C13H16N4O6. The van der Waals surface area contributed by atoms with E-state index in [0.29, 0.717) is 0 Å². The first-order chi connectivity index (χ1) is 10.7. The van der Waals surface area contributed by atoms with Crippen LogP contribution in [0, 0.1) is 10.1 Å². The number of urea groups is 1. The van der Waals surface area contributed by atoms with Crippen LogP contribution in [0.1, 0.15) is 24.2 Å². The van der Waals surface area contributed by atoms with E-state index in [1.165, 1.54) is 6.07 Å². The minimum absolute atomic E-state index is 0.0291. The van der Waals surface area contributed by atoms with Gasteiger partial charge in [-0.1, -0.05) is 0 Å². The number of imide groups is 1. The summed E-state index contributed by atoms with van der Waals surface area (Å²) >= 11 is 0. The number of benzene rings is 1. The molecule has 0 aromatic heterocycles. The van der Waals surface area contributed by atoms with E-state index in [4.69, 9.17) is 5.73 Å². The van der Waals surface area contributed by atoms with Crippen LogP contribution in [0.3, 0.4) is 0 Å². The van der Waals surface area contributed by atoms with Gasteiger partial charge < -0.3 is 15.8 Å². The number of non-ortho nitro benzene ring substituents is 1. The zero-order chi connectivity index (χ0) is 17.6. The highest BCUT2D eigenvalue weighted by molar-refractivity contribution is 5.99. The lowest BCUT2D eigenvalue weighted by Crippen LogP contribution is -2.44. The predicted molar refractivity (Wildman–Crippen MR) is 79.6 cm³/mol. The summed E-state index contributed by atoms with van der Waals surface area (Å²) in [5, 5.41) is 15.0. The van der Waals surface area contributed by atoms with Crippen molar-refractivity contribution in [2.24, 2.45) is 0 Å². The predicted octanol–water partition coefficient (Wildman–Crippen LogP) is 0.568. The molecule has 0 heterocycles. The second-order valence-corrected chi connectivity index (χ2v) is 4.78. The Labute approximate surface area is 131 Å². The first-order valence-corrected chi connectivity index (χ1v) is 6.52. The van der Waals surface area contributed by atoms with Crippen LogP contribution in [0.4, 0.5) is 16.2 Å². The van der Waals surface area contributed by atoms with E-state index in [0.717, 1.165) is 12.1 Å². The van der Waals surface area contributed by atoms with Gasteiger partial charge in [0, 0.05) is 23.9 Å². The molecule has 1 aromatic carbocycles. The van der Waals surface area contributed by atoms with Gasteiger partial charge in [-0.25, -0.2) is 9.59 Å². The molecule has 0 aliphatic carbocycles. The van der Waals surface area contributed by atoms with Gasteiger partial charge in [0.05, 0.1) is 10.5 Å². The van der Waals surface area contributed by atoms with Crippen molar-refractivity contribution in [1.82, 2.24) is 10.6 Å². The lowest BCUT2D eigenvalue weighted by Gasteiger charge is -2.10. The van der Waals surface area contributed by atoms with Gasteiger partial charge in [-0.15, -0.1) is 0 Å². The maximum Gasteiger partial charge on any atom is 0.341 e. The van der Waals surface area contributed by atoms with Crippen molar-refractivity contribution in [2.75, 3.05) is 12.3 Å². The Hall–Kier alpha value is -3.17. The van der Waals surface area contributed by atoms with Crippen molar-refractivity contribution in [3.05, 3.63) is 33.9 Å². The summed E-state index contributed by atoms with van der Waals surface area (Å²) in [4.78, 5) is 44.5. The van der Waals surface area contributed by atoms with Crippen molar-refractivity contribution < 1.29 is 24.0 Å². The Morgan fingerprint density at radius 2 is 2.00 bits per heavy atom. The van der Waals surface area contributed by atoms with Gasteiger partial charge >= 0.3 is 12.0 Å². The topological polar surface area (TPSA) is 154 Å². The summed E-state index contributed by atoms with van der Waals surface area (Å²) < 4.78 is 4.68. The highest BCUT2D eigenvalue weighted by atomic mass is 16.6. The van der Waals surface area contributed by atoms with E-state index in [1.54, 1.807) is 13.8 Å². The molecule has 1 aromatic rings. The Balaban J connectivity index is 2.63. The third kappa shape index (κ3) is 5.61. The van der Waals surface area contributed by atoms with E-state index in [2.05, 4.69) is 10.1 Å². The number of nitrogens with one attached hydrogen (secondary N) is 2. The molecule has 0 atom stereocenters. The van der Waals surface area contributed by atoms with Crippen LogP contribution in [-0.4, -0.2) is 35.5 Å². The van der Waals surface area contributed by atoms with Crippen LogP contribution in [0.2, 0.25) is 0 Å². The van der Waals surface area contributed by atoms with Gasteiger partial charge in [0.1, 0.15) is 0 Å². The number of rotatable bonds is 5. The fourth-order valence-electron chi connectivity index (χ4n) is 1.50. The highest BCUT2D eigenvalue weighted by Gasteiger charge is 2.18. The molecule has 10 heteroatoms. The number of anilines is 1. The van der Waals surface area contributed by atoms with Crippen LogP contribution < -0.4 is 16.4 Å². The molecule has 23 heavy (non-hydrogen) atoms. The van der Waals surface area contributed by atoms with Crippen LogP contribution in [0.15, 0.2) is 18.2 Å². The molecule has 124 valence electrons. The van der Waals surface area contributed by atoms with E-state index in [-0.39, 0.29) is 23.0 Å². The smallest absolute Gasteiger partial charge is 0.341 e. The quantitative estimate of drug-likeness (QED) is 0.309. The molecule has 0 aliphatic heterocycles. The standard InChI is InChI=1S/C13H16N4O6/c1-7(2)15-13(20)16-11(18)6-23-12(19)9-5-8(17(21)22)3-4-10(9)14/h3-5,7H,6,14H2,1-2H3,(H2,15,16,18,20). The Kier molecular flexibility index (Phi) is 6.01. The van der Waals surface area contributed by atoms with Gasteiger partial charge in [-0.2, -0.15) is 0 Å². The number of ether oxygens (including phenoxy) is 1. The number of nitro groups is 1. The second kappa shape index (κ2) is 7.73. The van der Waals surface area contributed by atoms with Crippen LogP contribution in [-0.2, 0) is 9.53 Å². The van der Waals surface area contributed by atoms with Crippen LogP contribution >= 0.6 is 0 Å². The zero-order valence-electron chi connectivity index (χ0n) is 12.5. The molecule has 0 fully saturated rings. The number of nitrogens with two attached hydrogens (primary N) is 1. The van der Waals surface area contributed by atoms with Gasteiger partial charge in [0.2, 0.25) is 0 Å². The lowest BCUT2D eigenvalue weighted by molar-refractivity contribution is -0.384. The molecule has 4 N–H and O–H groups in total. The normalized spacial score (nSPS) is 10.0. The number of nitrogens with zero attached hydrogens (tertiary/aromatic N) is 1. The Morgan fingerprint density at radius 3 is 2.57 bits per heavy atom. The van der Waals surface area contributed by atoms with Crippen LogP contribution in [0.25, 0.3) is 0 Å². The van der Waals surface area contributed by atoms with E-state index >= 15 is 0 Å². The highest BCUT2D eigenvalue weighted by Crippen LogP contribution is 2.20. The first-order valence-electron chi connectivity index (χ1n) is 6.52. The maximum absolute atomic E-state index is 11.8. The third-order valence-electron chi connectivity index (χ3n) is 2.47. The average Bonchev–Trinajstić information content (AvgIpc) is 2.43. The van der Waals surface area contributed by atoms with Gasteiger partial charge in [0.25, 0.3) is 11.6 Å². The number of nitro benzene ring substituents is 1. The summed E-state index contributed by atoms with van der Waals surface area (Å²) in [6, 6.07) is 2.37. The molecule has 0 radical (unpaired) electrons. The van der Waals surface area contributed by atoms with Crippen LogP contribution in [0.5, 0.6) is 0 Å². The number of amides is 3. The van der Waals surface area contributed by atoms with Crippen molar-refractivity contribution >= 4 is 29.3 Å². The van der Waals surface area contributed by atoms with Crippen molar-refractivity contribution in [2.45, 2.75) is 19.9 Å². The van der Waals surface area contributed by atoms with E-state index in [9.17, 15) is 24.5 Å². The number of carbonyl (C=O) groups is 3. The maximum atomic E-state index is 11.8. The average molecular weight is 324 g/mol. The first kappa shape index (κ1) is 17.9. The fraction of sp³-hybridized carbons (Fsp3) is 0.308. The Bertz CT molecular complexity index is 643. The molecule has 1 rings (SSSR count). The largest absolute Gasteiger partial charge is 0.452 e. The summed E-state index contributed by atoms with van der Waals surface area (Å²) in [5.41, 5.74) is 4.94. The minimum atomic E-state index is -1.01. The van der Waals surface area contributed by atoms with Crippen molar-refractivity contribution in [3.63, 3.8) is 0 Å². The van der Waals surface area contributed by atoms with E-state index < -0.39 is 29.4 Å². The monoisotopic (exact) mass is 324 g/mol. The Morgan fingerprint density at radius 1 is 1.35 bits per heavy atom. The number of esters is 1.